The SMILES string of the molecule is Cc1cn(-c2cc(-c3ccc(-c4cc(-c5ccc(-c6cc(-n7cc(C)c8ccccc87)cc(-n7cc(C)c8ccccc87)c6)cc5)cc(-c5ccc(-c6cc(-n7cc(C)c8ccccc87)cc(-n7cc(C)c8ccccc87)c6)cc5)c4)cc3)cc(-n3cc(C)c4ccccc43)c2)c2ccccc12. The van der Waals surface area contributed by atoms with Gasteiger partial charge < -0.3 is 27.4 Å². The van der Waals surface area contributed by atoms with Crippen LogP contribution in [-0.2, 0) is 0 Å². The van der Waals surface area contributed by atoms with Crippen LogP contribution in [0.1, 0.15) is 33.4 Å². The summed E-state index contributed by atoms with van der Waals surface area (Å²) in [5, 5.41) is 7.54. The first-order chi connectivity index (χ1) is 50.0. The molecule has 0 aliphatic carbocycles. The third kappa shape index (κ3) is 10.2. The van der Waals surface area contributed by atoms with Gasteiger partial charge in [0.1, 0.15) is 0 Å². The van der Waals surface area contributed by atoms with Crippen molar-refractivity contribution in [1.29, 1.82) is 0 Å². The Morgan fingerprint density at radius 2 is 0.294 bits per heavy atom. The summed E-state index contributed by atoms with van der Waals surface area (Å²) >= 11 is 0. The Morgan fingerprint density at radius 1 is 0.147 bits per heavy atom. The Kier molecular flexibility index (Phi) is 14.1. The predicted molar refractivity (Wildman–Crippen MR) is 428 cm³/mol. The summed E-state index contributed by atoms with van der Waals surface area (Å²) in [7, 11) is 0. The van der Waals surface area contributed by atoms with Crippen molar-refractivity contribution < 1.29 is 0 Å². The van der Waals surface area contributed by atoms with Crippen LogP contribution in [0.3, 0.4) is 0 Å². The second-order valence-corrected chi connectivity index (χ2v) is 27.9. The summed E-state index contributed by atoms with van der Waals surface area (Å²) in [6.45, 7) is 13.3. The topological polar surface area (TPSA) is 29.6 Å². The van der Waals surface area contributed by atoms with Gasteiger partial charge in [0.15, 0.2) is 0 Å². The molecule has 0 bridgehead atoms. The predicted octanol–water partition coefficient (Wildman–Crippen LogP) is 25.2. The Hall–Kier alpha value is -12.9. The standard InChI is InChI=1S/C96H72N6/c1-61-55-97(91-25-13-7-19-85(61)91)79-46-76(47-80(52-79)98-56-62(2)86-20-8-14-26-92(86)98)70-37-31-67(32-38-70)73-43-74(68-33-39-71(40-34-68)77-48-81(99-57-63(3)87-21-9-15-27-93(87)99)53-82(49-77)100-58-64(4)88-22-10-16-28-94(88)100)45-75(44-73)69-35-41-72(42-36-69)78-50-83(101-59-65(5)89-23-11-17-29-95(89)101)54-84(51-78)102-60-66(6)90-24-12-18-30-96(90)102/h7-60H,1-6H3. The summed E-state index contributed by atoms with van der Waals surface area (Å²) in [5.74, 6) is 0. The van der Waals surface area contributed by atoms with Gasteiger partial charge in [-0.15, -0.1) is 0 Å². The number of fused-ring (bicyclic) bond motifs is 6. The van der Waals surface area contributed by atoms with Crippen molar-refractivity contribution in [2.45, 2.75) is 41.5 Å². The van der Waals surface area contributed by atoms with Gasteiger partial charge in [0.25, 0.3) is 0 Å². The van der Waals surface area contributed by atoms with Gasteiger partial charge in [-0.1, -0.05) is 182 Å². The van der Waals surface area contributed by atoms with Crippen molar-refractivity contribution in [3.63, 3.8) is 0 Å². The molecule has 6 nitrogen and oxygen atoms in total. The van der Waals surface area contributed by atoms with Crippen molar-refractivity contribution in [1.82, 2.24) is 27.4 Å². The quantitative estimate of drug-likeness (QED) is 0.117. The number of aryl methyl sites for hydroxylation is 6. The van der Waals surface area contributed by atoms with Crippen molar-refractivity contribution in [2.24, 2.45) is 0 Å². The lowest BCUT2D eigenvalue weighted by Crippen LogP contribution is -1.98. The zero-order chi connectivity index (χ0) is 68.4. The molecule has 19 rings (SSSR count). The van der Waals surface area contributed by atoms with E-state index in [4.69, 9.17) is 0 Å². The fourth-order valence-corrected chi connectivity index (χ4v) is 16.2. The molecule has 0 N–H and O–H groups in total. The minimum atomic E-state index is 1.12. The second kappa shape index (κ2) is 23.9. The molecule has 0 amide bonds. The lowest BCUT2D eigenvalue weighted by Gasteiger charge is -2.16. The molecule has 0 aliphatic rings. The van der Waals surface area contributed by atoms with E-state index < -0.39 is 0 Å². The van der Waals surface area contributed by atoms with Crippen molar-refractivity contribution in [3.05, 3.63) is 362 Å². The number of aromatic nitrogens is 6. The lowest BCUT2D eigenvalue weighted by atomic mass is 9.91. The number of hydrogen-bond acceptors (Lipinski definition) is 0. The number of rotatable bonds is 12. The lowest BCUT2D eigenvalue weighted by molar-refractivity contribution is 1.08. The molecule has 0 spiro atoms. The van der Waals surface area contributed by atoms with Gasteiger partial charge in [-0.2, -0.15) is 0 Å². The Morgan fingerprint density at radius 3 is 0.461 bits per heavy atom. The molecule has 0 radical (unpaired) electrons. The van der Waals surface area contributed by atoms with Crippen LogP contribution in [0.2, 0.25) is 0 Å². The molecule has 19 aromatic rings. The molecule has 13 aromatic carbocycles. The minimum absolute atomic E-state index is 1.12. The zero-order valence-electron chi connectivity index (χ0n) is 57.9. The summed E-state index contributed by atoms with van der Waals surface area (Å²) < 4.78 is 14.1. The Bertz CT molecular complexity index is 5610. The third-order valence-electron chi connectivity index (χ3n) is 21.4. The van der Waals surface area contributed by atoms with Crippen LogP contribution in [0.5, 0.6) is 0 Å². The van der Waals surface area contributed by atoms with E-state index in [2.05, 4.69) is 397 Å². The number of nitrogens with zero attached hydrogens (tertiary/aromatic N) is 6. The Balaban J connectivity index is 0.738. The van der Waals surface area contributed by atoms with Crippen LogP contribution < -0.4 is 0 Å². The van der Waals surface area contributed by atoms with Gasteiger partial charge in [-0.05, 0) is 251 Å². The monoisotopic (exact) mass is 1310 g/mol. The molecule has 102 heavy (non-hydrogen) atoms. The van der Waals surface area contributed by atoms with Gasteiger partial charge in [0, 0.05) is 104 Å². The highest BCUT2D eigenvalue weighted by Gasteiger charge is 2.20. The van der Waals surface area contributed by atoms with E-state index in [0.717, 1.165) is 101 Å². The molecule has 486 valence electrons. The molecule has 0 aliphatic heterocycles. The fourth-order valence-electron chi connectivity index (χ4n) is 16.2. The van der Waals surface area contributed by atoms with Crippen molar-refractivity contribution in [3.8, 4) is 101 Å². The van der Waals surface area contributed by atoms with Crippen molar-refractivity contribution >= 4 is 65.4 Å². The van der Waals surface area contributed by atoms with Crippen molar-refractivity contribution in [2.75, 3.05) is 0 Å². The van der Waals surface area contributed by atoms with Crippen LogP contribution in [0, 0.1) is 41.5 Å². The van der Waals surface area contributed by atoms with E-state index in [0.29, 0.717) is 0 Å². The van der Waals surface area contributed by atoms with E-state index in [-0.39, 0.29) is 0 Å². The average molecular weight is 1310 g/mol. The van der Waals surface area contributed by atoms with E-state index in [1.165, 1.54) is 98.8 Å². The maximum Gasteiger partial charge on any atom is 0.0531 e. The third-order valence-corrected chi connectivity index (χ3v) is 21.4. The molecule has 6 heteroatoms. The number of para-hydroxylation sites is 6. The van der Waals surface area contributed by atoms with Gasteiger partial charge in [0.2, 0.25) is 0 Å². The first-order valence-electron chi connectivity index (χ1n) is 35.3. The van der Waals surface area contributed by atoms with E-state index in [1.807, 2.05) is 0 Å². The van der Waals surface area contributed by atoms with Gasteiger partial charge in [-0.3, -0.25) is 0 Å². The first-order valence-corrected chi connectivity index (χ1v) is 35.3. The van der Waals surface area contributed by atoms with Crippen LogP contribution in [0.15, 0.2) is 328 Å². The largest absolute Gasteiger partial charge is 0.316 e. The van der Waals surface area contributed by atoms with E-state index >= 15 is 0 Å². The zero-order valence-corrected chi connectivity index (χ0v) is 57.9. The fraction of sp³-hybridized carbons (Fsp3) is 0.0625. The van der Waals surface area contributed by atoms with E-state index in [9.17, 15) is 0 Å². The first kappa shape index (κ1) is 60.3. The van der Waals surface area contributed by atoms with Gasteiger partial charge in [-0.25, -0.2) is 0 Å². The summed E-state index contributed by atoms with van der Waals surface area (Å²) in [5.41, 5.74) is 35.0. The van der Waals surface area contributed by atoms with Gasteiger partial charge >= 0.3 is 0 Å². The second-order valence-electron chi connectivity index (χ2n) is 27.9. The maximum atomic E-state index is 2.38. The number of benzene rings is 13. The van der Waals surface area contributed by atoms with Crippen LogP contribution in [0.4, 0.5) is 0 Å². The molecule has 0 saturated carbocycles. The Labute approximate surface area is 593 Å². The molecule has 0 fully saturated rings. The van der Waals surface area contributed by atoms with E-state index in [1.54, 1.807) is 0 Å². The highest BCUT2D eigenvalue weighted by Crippen LogP contribution is 2.41. The van der Waals surface area contributed by atoms with Gasteiger partial charge in [0.05, 0.1) is 33.1 Å². The molecule has 0 unspecified atom stereocenters. The normalized spacial score (nSPS) is 11.8. The van der Waals surface area contributed by atoms with Crippen LogP contribution in [0.25, 0.3) is 166 Å². The molecule has 6 aromatic heterocycles. The maximum absolute atomic E-state index is 2.38. The summed E-state index contributed by atoms with van der Waals surface area (Å²) in [6, 6.07) is 108. The average Bonchev–Trinajstić information content (AvgIpc) is 1.58. The highest BCUT2D eigenvalue weighted by molar-refractivity contribution is 5.93. The summed E-state index contributed by atoms with van der Waals surface area (Å²) in [6.07, 6.45) is 13.7. The molecule has 6 heterocycles. The molecular formula is C96H72N6. The molecular weight excluding hydrogens is 1240 g/mol. The smallest absolute Gasteiger partial charge is 0.0531 e. The highest BCUT2D eigenvalue weighted by atomic mass is 15.0. The van der Waals surface area contributed by atoms with Crippen LogP contribution >= 0.6 is 0 Å². The molecule has 0 saturated heterocycles. The number of hydrogen-bond donors (Lipinski definition) is 0. The van der Waals surface area contributed by atoms with Crippen LogP contribution in [-0.4, -0.2) is 27.4 Å². The minimum Gasteiger partial charge on any atom is -0.316 e. The molecule has 0 atom stereocenters. The summed E-state index contributed by atoms with van der Waals surface area (Å²) in [4.78, 5) is 0.